The van der Waals surface area contributed by atoms with Crippen molar-refractivity contribution in [2.45, 2.75) is 34.1 Å². The third-order valence-corrected chi connectivity index (χ3v) is 3.10. The van der Waals surface area contributed by atoms with Gasteiger partial charge in [0.05, 0.1) is 0 Å². The van der Waals surface area contributed by atoms with Crippen molar-refractivity contribution < 1.29 is 0 Å². The molecule has 0 aliphatic rings. The van der Waals surface area contributed by atoms with Crippen molar-refractivity contribution in [1.29, 1.82) is 0 Å². The van der Waals surface area contributed by atoms with Gasteiger partial charge in [-0.05, 0) is 35.4 Å². The molecule has 2 aromatic carbocycles. The van der Waals surface area contributed by atoms with Crippen LogP contribution in [-0.2, 0) is 6.42 Å². The standard InChI is InChI=1S/C18H22/c1-14-9-11-15(12-10-14)17-8-6-5-7-16(17)13-18(2,3)4/h5-12H,13H2,1-4H3. The average molecular weight is 238 g/mol. The lowest BCUT2D eigenvalue weighted by molar-refractivity contribution is 0.412. The molecule has 0 aromatic heterocycles. The van der Waals surface area contributed by atoms with E-state index >= 15 is 0 Å². The van der Waals surface area contributed by atoms with Crippen LogP contribution in [0.4, 0.5) is 0 Å². The molecule has 0 aliphatic carbocycles. The summed E-state index contributed by atoms with van der Waals surface area (Å²) in [5.74, 6) is 0. The minimum atomic E-state index is 0.320. The van der Waals surface area contributed by atoms with Crippen LogP contribution in [0.2, 0.25) is 0 Å². The summed E-state index contributed by atoms with van der Waals surface area (Å²) in [5.41, 5.74) is 5.76. The van der Waals surface area contributed by atoms with Crippen molar-refractivity contribution in [3.8, 4) is 11.1 Å². The molecule has 0 atom stereocenters. The molecule has 0 radical (unpaired) electrons. The molecule has 0 nitrogen and oxygen atoms in total. The Kier molecular flexibility index (Phi) is 3.56. The second-order valence-electron chi connectivity index (χ2n) is 6.26. The third-order valence-electron chi connectivity index (χ3n) is 3.10. The van der Waals surface area contributed by atoms with E-state index in [0.717, 1.165) is 6.42 Å². The van der Waals surface area contributed by atoms with Crippen molar-refractivity contribution >= 4 is 0 Å². The lowest BCUT2D eigenvalue weighted by Crippen LogP contribution is -2.09. The molecule has 2 aromatic rings. The number of benzene rings is 2. The van der Waals surface area contributed by atoms with Crippen molar-refractivity contribution in [3.05, 3.63) is 59.7 Å². The Labute approximate surface area is 111 Å². The first-order valence-electron chi connectivity index (χ1n) is 6.61. The molecule has 0 spiro atoms. The van der Waals surface area contributed by atoms with Crippen molar-refractivity contribution in [2.24, 2.45) is 5.41 Å². The van der Waals surface area contributed by atoms with Crippen LogP contribution in [0.5, 0.6) is 0 Å². The lowest BCUT2D eigenvalue weighted by Gasteiger charge is -2.20. The zero-order valence-corrected chi connectivity index (χ0v) is 11.8. The third kappa shape index (κ3) is 3.22. The van der Waals surface area contributed by atoms with Crippen LogP contribution in [-0.4, -0.2) is 0 Å². The van der Waals surface area contributed by atoms with Crippen LogP contribution in [0, 0.1) is 12.3 Å². The normalized spacial score (nSPS) is 11.6. The molecule has 0 saturated carbocycles. The van der Waals surface area contributed by atoms with Gasteiger partial charge in [-0.25, -0.2) is 0 Å². The molecule has 0 saturated heterocycles. The number of aryl methyl sites for hydroxylation is 1. The van der Waals surface area contributed by atoms with Gasteiger partial charge in [-0.15, -0.1) is 0 Å². The summed E-state index contributed by atoms with van der Waals surface area (Å²) in [6.07, 6.45) is 1.11. The van der Waals surface area contributed by atoms with E-state index in [4.69, 9.17) is 0 Å². The summed E-state index contributed by atoms with van der Waals surface area (Å²) in [4.78, 5) is 0. The highest BCUT2D eigenvalue weighted by atomic mass is 14.2. The molecule has 0 unspecified atom stereocenters. The van der Waals surface area contributed by atoms with E-state index in [1.165, 1.54) is 22.3 Å². The van der Waals surface area contributed by atoms with E-state index in [1.807, 2.05) is 0 Å². The predicted molar refractivity (Wildman–Crippen MR) is 79.8 cm³/mol. The van der Waals surface area contributed by atoms with Gasteiger partial charge in [0.2, 0.25) is 0 Å². The first-order chi connectivity index (χ1) is 8.46. The topological polar surface area (TPSA) is 0 Å². The molecule has 94 valence electrons. The van der Waals surface area contributed by atoms with Crippen LogP contribution in [0.3, 0.4) is 0 Å². The first-order valence-corrected chi connectivity index (χ1v) is 6.61. The van der Waals surface area contributed by atoms with E-state index in [1.54, 1.807) is 0 Å². The Balaban J connectivity index is 2.41. The van der Waals surface area contributed by atoms with Crippen LogP contribution in [0.15, 0.2) is 48.5 Å². The van der Waals surface area contributed by atoms with Crippen LogP contribution in [0.25, 0.3) is 11.1 Å². The van der Waals surface area contributed by atoms with Crippen molar-refractivity contribution in [3.63, 3.8) is 0 Å². The zero-order chi connectivity index (χ0) is 13.2. The van der Waals surface area contributed by atoms with Crippen molar-refractivity contribution in [2.75, 3.05) is 0 Å². The molecular formula is C18H22. The minimum Gasteiger partial charge on any atom is -0.0620 e. The van der Waals surface area contributed by atoms with Gasteiger partial charge in [-0.2, -0.15) is 0 Å². The summed E-state index contributed by atoms with van der Waals surface area (Å²) >= 11 is 0. The molecule has 0 amide bonds. The van der Waals surface area contributed by atoms with E-state index in [-0.39, 0.29) is 0 Å². The highest BCUT2D eigenvalue weighted by molar-refractivity contribution is 5.67. The smallest absolute Gasteiger partial charge is 0.0152 e. The molecule has 0 heterocycles. The van der Waals surface area contributed by atoms with E-state index in [9.17, 15) is 0 Å². The second kappa shape index (κ2) is 4.97. The van der Waals surface area contributed by atoms with Gasteiger partial charge in [-0.1, -0.05) is 74.9 Å². The van der Waals surface area contributed by atoms with Gasteiger partial charge >= 0.3 is 0 Å². The SMILES string of the molecule is Cc1ccc(-c2ccccc2CC(C)(C)C)cc1. The molecular weight excluding hydrogens is 216 g/mol. The van der Waals surface area contributed by atoms with Crippen LogP contribution >= 0.6 is 0 Å². The van der Waals surface area contributed by atoms with Gasteiger partial charge in [0, 0.05) is 0 Å². The maximum Gasteiger partial charge on any atom is -0.0152 e. The molecule has 0 bridgehead atoms. The molecule has 0 fully saturated rings. The van der Waals surface area contributed by atoms with Crippen LogP contribution in [0.1, 0.15) is 31.9 Å². The summed E-state index contributed by atoms with van der Waals surface area (Å²) in [6.45, 7) is 9.00. The minimum absolute atomic E-state index is 0.320. The monoisotopic (exact) mass is 238 g/mol. The summed E-state index contributed by atoms with van der Waals surface area (Å²) in [5, 5.41) is 0. The number of rotatable bonds is 2. The Morgan fingerprint density at radius 1 is 0.833 bits per heavy atom. The fourth-order valence-electron chi connectivity index (χ4n) is 2.26. The Morgan fingerprint density at radius 3 is 2.06 bits per heavy atom. The quantitative estimate of drug-likeness (QED) is 0.670. The van der Waals surface area contributed by atoms with Gasteiger partial charge in [-0.3, -0.25) is 0 Å². The molecule has 0 aliphatic heterocycles. The Hall–Kier alpha value is -1.56. The largest absolute Gasteiger partial charge is 0.0620 e. The molecule has 0 heteroatoms. The average Bonchev–Trinajstić information content (AvgIpc) is 2.29. The molecule has 0 N–H and O–H groups in total. The number of hydrogen-bond donors (Lipinski definition) is 0. The van der Waals surface area contributed by atoms with Crippen molar-refractivity contribution in [1.82, 2.24) is 0 Å². The predicted octanol–water partition coefficient (Wildman–Crippen LogP) is 5.25. The van der Waals surface area contributed by atoms with Crippen LogP contribution < -0.4 is 0 Å². The van der Waals surface area contributed by atoms with Gasteiger partial charge in [0.15, 0.2) is 0 Å². The fourth-order valence-corrected chi connectivity index (χ4v) is 2.26. The molecule has 18 heavy (non-hydrogen) atoms. The second-order valence-corrected chi connectivity index (χ2v) is 6.26. The first kappa shape index (κ1) is 12.9. The van der Waals surface area contributed by atoms with Gasteiger partial charge < -0.3 is 0 Å². The van der Waals surface area contributed by atoms with E-state index in [2.05, 4.69) is 76.2 Å². The maximum absolute atomic E-state index is 2.29. The summed E-state index contributed by atoms with van der Waals surface area (Å²) in [6, 6.07) is 17.5. The highest BCUT2D eigenvalue weighted by Gasteiger charge is 2.14. The van der Waals surface area contributed by atoms with E-state index < -0.39 is 0 Å². The Bertz CT molecular complexity index is 512. The molecule has 2 rings (SSSR count). The number of hydrogen-bond acceptors (Lipinski definition) is 0. The lowest BCUT2D eigenvalue weighted by atomic mass is 9.85. The fraction of sp³-hybridized carbons (Fsp3) is 0.333. The highest BCUT2D eigenvalue weighted by Crippen LogP contribution is 2.29. The van der Waals surface area contributed by atoms with Gasteiger partial charge in [0.1, 0.15) is 0 Å². The van der Waals surface area contributed by atoms with Gasteiger partial charge in [0.25, 0.3) is 0 Å². The van der Waals surface area contributed by atoms with E-state index in [0.29, 0.717) is 5.41 Å². The summed E-state index contributed by atoms with van der Waals surface area (Å²) < 4.78 is 0. The Morgan fingerprint density at radius 2 is 1.44 bits per heavy atom. The zero-order valence-electron chi connectivity index (χ0n) is 11.8. The maximum atomic E-state index is 2.29. The summed E-state index contributed by atoms with van der Waals surface area (Å²) in [7, 11) is 0.